The molecule has 1 amide bonds. The zero-order valence-corrected chi connectivity index (χ0v) is 21.4. The lowest BCUT2D eigenvalue weighted by Crippen LogP contribution is -2.44. The minimum Gasteiger partial charge on any atom is -0.339 e. The van der Waals surface area contributed by atoms with Gasteiger partial charge in [-0.3, -0.25) is 19.0 Å². The number of hydrogen-bond acceptors (Lipinski definition) is 3. The number of nitrogens with zero attached hydrogens (tertiary/aromatic N) is 2. The molecule has 37 heavy (non-hydrogen) atoms. The molecule has 1 fully saturated rings. The first-order chi connectivity index (χ1) is 17.7. The Morgan fingerprint density at radius 3 is 2.32 bits per heavy atom. The van der Waals surface area contributed by atoms with Gasteiger partial charge >= 0.3 is 0 Å². The van der Waals surface area contributed by atoms with Gasteiger partial charge in [-0.25, -0.2) is 4.39 Å². The lowest BCUT2D eigenvalue weighted by molar-refractivity contribution is 0.0676. The molecule has 7 heteroatoms. The summed E-state index contributed by atoms with van der Waals surface area (Å²) < 4.78 is 15.2. The van der Waals surface area contributed by atoms with Crippen LogP contribution in [0.2, 0.25) is 5.02 Å². The molecule has 0 unspecified atom stereocenters. The van der Waals surface area contributed by atoms with Gasteiger partial charge in [0.15, 0.2) is 5.78 Å². The maximum Gasteiger partial charge on any atom is 0.262 e. The average molecular weight is 517 g/mol. The summed E-state index contributed by atoms with van der Waals surface area (Å²) in [7, 11) is 0. The van der Waals surface area contributed by atoms with Gasteiger partial charge in [-0.05, 0) is 61.1 Å². The monoisotopic (exact) mass is 516 g/mol. The largest absolute Gasteiger partial charge is 0.339 e. The van der Waals surface area contributed by atoms with Crippen LogP contribution in [-0.2, 0) is 5.41 Å². The van der Waals surface area contributed by atoms with Crippen molar-refractivity contribution in [2.24, 2.45) is 0 Å². The molecule has 1 aromatic heterocycles. The number of rotatable bonds is 4. The van der Waals surface area contributed by atoms with Crippen LogP contribution >= 0.6 is 11.6 Å². The Morgan fingerprint density at radius 1 is 0.892 bits per heavy atom. The third-order valence-electron chi connectivity index (χ3n) is 7.40. The van der Waals surface area contributed by atoms with E-state index in [4.69, 9.17) is 11.6 Å². The summed E-state index contributed by atoms with van der Waals surface area (Å²) in [5, 5.41) is 1.03. The van der Waals surface area contributed by atoms with Crippen molar-refractivity contribution >= 4 is 40.1 Å². The van der Waals surface area contributed by atoms with Crippen molar-refractivity contribution in [1.82, 2.24) is 9.47 Å². The summed E-state index contributed by atoms with van der Waals surface area (Å²) in [5.74, 6) is -1.11. The Balaban J connectivity index is 1.45. The first kappa shape index (κ1) is 24.9. The Hall–Kier alpha value is -3.77. The fourth-order valence-corrected chi connectivity index (χ4v) is 5.42. The Labute approximate surface area is 219 Å². The minimum atomic E-state index is -0.514. The summed E-state index contributed by atoms with van der Waals surface area (Å²) in [6.07, 6.45) is 2.93. The number of carbonyl (C=O) groups is 3. The number of likely N-dealkylation sites (tertiary alicyclic amines) is 1. The number of hydrogen-bond donors (Lipinski definition) is 0. The molecule has 0 saturated carbocycles. The van der Waals surface area contributed by atoms with Crippen LogP contribution in [0.4, 0.5) is 4.39 Å². The van der Waals surface area contributed by atoms with E-state index < -0.39 is 11.7 Å². The molecule has 1 aliphatic rings. The Kier molecular flexibility index (Phi) is 6.46. The standard InChI is InChI=1S/C30H26ClFN2O3/c1-19(35)23-8-3-4-9-26(23)30(2)12-14-33(15-13-30)29(37)25-18-34(27-17-21(31)10-11-24(25)27)28(36)20-6-5-7-22(32)16-20/h3-11,16-18H,12-15H2,1-2H3. The molecule has 4 aromatic rings. The zero-order valence-electron chi connectivity index (χ0n) is 20.6. The number of benzene rings is 3. The summed E-state index contributed by atoms with van der Waals surface area (Å²) >= 11 is 6.22. The van der Waals surface area contributed by atoms with E-state index in [2.05, 4.69) is 6.92 Å². The van der Waals surface area contributed by atoms with E-state index in [-0.39, 0.29) is 22.7 Å². The van der Waals surface area contributed by atoms with Gasteiger partial charge in [-0.15, -0.1) is 0 Å². The van der Waals surface area contributed by atoms with Crippen molar-refractivity contribution in [1.29, 1.82) is 0 Å². The highest BCUT2D eigenvalue weighted by Crippen LogP contribution is 2.38. The second-order valence-corrected chi connectivity index (χ2v) is 10.3. The number of fused-ring (bicyclic) bond motifs is 1. The second-order valence-electron chi connectivity index (χ2n) is 9.84. The molecular weight excluding hydrogens is 491 g/mol. The third-order valence-corrected chi connectivity index (χ3v) is 7.63. The molecule has 3 aromatic carbocycles. The van der Waals surface area contributed by atoms with E-state index >= 15 is 0 Å². The van der Waals surface area contributed by atoms with Crippen LogP contribution in [-0.4, -0.2) is 40.2 Å². The minimum absolute atomic E-state index is 0.0322. The lowest BCUT2D eigenvalue weighted by Gasteiger charge is -2.40. The van der Waals surface area contributed by atoms with Gasteiger partial charge in [0.25, 0.3) is 11.8 Å². The normalized spacial score (nSPS) is 15.1. The van der Waals surface area contributed by atoms with Gasteiger partial charge < -0.3 is 4.90 Å². The van der Waals surface area contributed by atoms with Crippen molar-refractivity contribution in [3.63, 3.8) is 0 Å². The number of ketones is 1. The summed E-state index contributed by atoms with van der Waals surface area (Å²) in [4.78, 5) is 41.0. The van der Waals surface area contributed by atoms with Crippen LogP contribution in [0.3, 0.4) is 0 Å². The number of amides is 1. The maximum absolute atomic E-state index is 13.8. The topological polar surface area (TPSA) is 59.4 Å². The maximum atomic E-state index is 13.8. The fraction of sp³-hybridized carbons (Fsp3) is 0.233. The average Bonchev–Trinajstić information content (AvgIpc) is 3.27. The van der Waals surface area contributed by atoms with Crippen LogP contribution in [0.15, 0.2) is 72.9 Å². The van der Waals surface area contributed by atoms with Gasteiger partial charge in [0.05, 0.1) is 11.1 Å². The van der Waals surface area contributed by atoms with Crippen LogP contribution in [0.5, 0.6) is 0 Å². The van der Waals surface area contributed by atoms with Crippen molar-refractivity contribution < 1.29 is 18.8 Å². The molecule has 0 spiro atoms. The van der Waals surface area contributed by atoms with E-state index in [1.54, 1.807) is 30.0 Å². The molecule has 188 valence electrons. The van der Waals surface area contributed by atoms with E-state index in [1.807, 2.05) is 24.3 Å². The third kappa shape index (κ3) is 4.58. The highest BCUT2D eigenvalue weighted by Gasteiger charge is 2.36. The van der Waals surface area contributed by atoms with E-state index in [9.17, 15) is 18.8 Å². The van der Waals surface area contributed by atoms with Crippen LogP contribution in [0, 0.1) is 5.82 Å². The first-order valence-corrected chi connectivity index (χ1v) is 12.6. The van der Waals surface area contributed by atoms with Gasteiger partial charge in [0, 0.05) is 40.8 Å². The first-order valence-electron chi connectivity index (χ1n) is 12.2. The van der Waals surface area contributed by atoms with Gasteiger partial charge in [-0.2, -0.15) is 0 Å². The van der Waals surface area contributed by atoms with Crippen molar-refractivity contribution in [3.8, 4) is 0 Å². The summed E-state index contributed by atoms with van der Waals surface area (Å²) in [6.45, 7) is 4.75. The lowest BCUT2D eigenvalue weighted by atomic mass is 9.72. The van der Waals surface area contributed by atoms with Gasteiger partial charge in [0.1, 0.15) is 5.82 Å². The molecular formula is C30H26ClFN2O3. The molecule has 0 atom stereocenters. The van der Waals surface area contributed by atoms with E-state index in [1.165, 1.54) is 35.0 Å². The fourth-order valence-electron chi connectivity index (χ4n) is 5.26. The number of aromatic nitrogens is 1. The number of piperidine rings is 1. The quantitative estimate of drug-likeness (QED) is 0.290. The predicted molar refractivity (Wildman–Crippen MR) is 142 cm³/mol. The van der Waals surface area contributed by atoms with E-state index in [0.717, 1.165) is 11.1 Å². The Morgan fingerprint density at radius 2 is 1.62 bits per heavy atom. The SMILES string of the molecule is CC(=O)c1ccccc1C1(C)CCN(C(=O)c2cn(C(=O)c3cccc(F)c3)c3cc(Cl)ccc23)CC1. The van der Waals surface area contributed by atoms with Crippen molar-refractivity contribution in [2.75, 3.05) is 13.1 Å². The molecule has 0 radical (unpaired) electrons. The van der Waals surface area contributed by atoms with Gasteiger partial charge in [-0.1, -0.05) is 54.9 Å². The highest BCUT2D eigenvalue weighted by molar-refractivity contribution is 6.31. The molecule has 5 rings (SSSR count). The predicted octanol–water partition coefficient (Wildman–Crippen LogP) is 6.52. The number of Topliss-reactive ketones (excluding diaryl/α,β-unsaturated/α-hetero) is 1. The molecule has 2 heterocycles. The Bertz CT molecular complexity index is 1550. The number of halogens is 2. The van der Waals surface area contributed by atoms with Gasteiger partial charge in [0.2, 0.25) is 0 Å². The smallest absolute Gasteiger partial charge is 0.262 e. The highest BCUT2D eigenvalue weighted by atomic mass is 35.5. The molecule has 0 aliphatic carbocycles. The second kappa shape index (κ2) is 9.60. The van der Waals surface area contributed by atoms with Crippen LogP contribution < -0.4 is 0 Å². The number of carbonyl (C=O) groups excluding carboxylic acids is 3. The zero-order chi connectivity index (χ0) is 26.3. The summed E-state index contributed by atoms with van der Waals surface area (Å²) in [5.41, 5.74) is 2.57. The molecule has 5 nitrogen and oxygen atoms in total. The molecule has 1 saturated heterocycles. The molecule has 0 bridgehead atoms. The molecule has 0 N–H and O–H groups in total. The van der Waals surface area contributed by atoms with Crippen LogP contribution in [0.1, 0.15) is 63.3 Å². The van der Waals surface area contributed by atoms with Crippen molar-refractivity contribution in [3.05, 3.63) is 106 Å². The summed E-state index contributed by atoms with van der Waals surface area (Å²) in [6, 6.07) is 18.2. The van der Waals surface area contributed by atoms with Crippen LogP contribution in [0.25, 0.3) is 10.9 Å². The van der Waals surface area contributed by atoms with Crippen molar-refractivity contribution in [2.45, 2.75) is 32.1 Å². The van der Waals surface area contributed by atoms with E-state index in [0.29, 0.717) is 47.4 Å². The molecule has 1 aliphatic heterocycles.